The van der Waals surface area contributed by atoms with E-state index in [1.165, 1.54) is 23.3 Å². The second kappa shape index (κ2) is 6.85. The van der Waals surface area contributed by atoms with Gasteiger partial charge in [-0.05, 0) is 37.8 Å². The fraction of sp³-hybridized carbons (Fsp3) is 0.429. The first-order valence-corrected chi connectivity index (χ1v) is 9.79. The highest BCUT2D eigenvalue weighted by atomic mass is 15.2. The second-order valence-corrected chi connectivity index (χ2v) is 7.53. The summed E-state index contributed by atoms with van der Waals surface area (Å²) in [4.78, 5) is 12.1. The Hall–Kier alpha value is -2.60. The highest BCUT2D eigenvalue weighted by molar-refractivity contribution is 5.61. The van der Waals surface area contributed by atoms with Crippen molar-refractivity contribution in [1.29, 1.82) is 0 Å². The van der Waals surface area contributed by atoms with Crippen molar-refractivity contribution in [2.45, 2.75) is 38.3 Å². The molecule has 6 heteroatoms. The number of azo groups is 1. The molecule has 0 radical (unpaired) electrons. The lowest BCUT2D eigenvalue weighted by Gasteiger charge is -2.27. The summed E-state index contributed by atoms with van der Waals surface area (Å²) in [6, 6.07) is 10.4. The van der Waals surface area contributed by atoms with Crippen LogP contribution in [0.2, 0.25) is 0 Å². The number of allylic oxidation sites excluding steroid dienone is 1. The summed E-state index contributed by atoms with van der Waals surface area (Å²) in [5, 5.41) is 12.4. The van der Waals surface area contributed by atoms with E-state index in [9.17, 15) is 0 Å². The minimum Gasteiger partial charge on any atom is -0.357 e. The van der Waals surface area contributed by atoms with Crippen LogP contribution in [0.15, 0.2) is 51.8 Å². The Bertz CT molecular complexity index is 918. The van der Waals surface area contributed by atoms with E-state index >= 15 is 0 Å². The minimum absolute atomic E-state index is 0.181. The van der Waals surface area contributed by atoms with Gasteiger partial charge in [-0.2, -0.15) is 10.2 Å². The molecule has 3 aliphatic rings. The molecule has 0 saturated carbocycles. The summed E-state index contributed by atoms with van der Waals surface area (Å²) >= 11 is 0. The predicted octanol–water partition coefficient (Wildman–Crippen LogP) is 3.50. The molecule has 2 aromatic rings. The fourth-order valence-corrected chi connectivity index (χ4v) is 4.30. The van der Waals surface area contributed by atoms with Crippen LogP contribution in [0.25, 0.3) is 11.4 Å². The summed E-state index contributed by atoms with van der Waals surface area (Å²) in [7, 11) is 2.13. The predicted molar refractivity (Wildman–Crippen MR) is 106 cm³/mol. The van der Waals surface area contributed by atoms with Crippen LogP contribution in [-0.4, -0.2) is 36.1 Å². The van der Waals surface area contributed by atoms with E-state index < -0.39 is 0 Å². The molecule has 0 fully saturated rings. The SMILES string of the molecule is CN(CC1N=NC2=C1CCC2)c1nc(-c2ccccc2)nc2c1CCNC2. The summed E-state index contributed by atoms with van der Waals surface area (Å²) in [6.45, 7) is 2.60. The maximum atomic E-state index is 4.98. The first-order valence-electron chi connectivity index (χ1n) is 9.79. The molecule has 1 aromatic heterocycles. The number of nitrogens with one attached hydrogen (secondary N) is 1. The first-order chi connectivity index (χ1) is 13.3. The smallest absolute Gasteiger partial charge is 0.161 e. The third-order valence-electron chi connectivity index (χ3n) is 5.71. The Balaban J connectivity index is 1.49. The lowest BCUT2D eigenvalue weighted by Crippen LogP contribution is -2.33. The lowest BCUT2D eigenvalue weighted by molar-refractivity contribution is 0.618. The van der Waals surface area contributed by atoms with E-state index in [-0.39, 0.29) is 6.04 Å². The molecule has 1 atom stereocenters. The number of hydrogen-bond acceptors (Lipinski definition) is 6. The highest BCUT2D eigenvalue weighted by Gasteiger charge is 2.30. The maximum Gasteiger partial charge on any atom is 0.161 e. The van der Waals surface area contributed by atoms with Crippen molar-refractivity contribution in [3.05, 3.63) is 52.9 Å². The number of fused-ring (bicyclic) bond motifs is 1. The fourth-order valence-electron chi connectivity index (χ4n) is 4.30. The van der Waals surface area contributed by atoms with Gasteiger partial charge in [0.1, 0.15) is 11.9 Å². The Morgan fingerprint density at radius 3 is 2.89 bits per heavy atom. The van der Waals surface area contributed by atoms with Gasteiger partial charge in [-0.3, -0.25) is 0 Å². The number of anilines is 1. The lowest BCUT2D eigenvalue weighted by atomic mass is 10.0. The number of likely N-dealkylation sites (N-methyl/N-ethyl adjacent to an activating group) is 1. The van der Waals surface area contributed by atoms with Crippen molar-refractivity contribution < 1.29 is 0 Å². The molecule has 1 aliphatic carbocycles. The summed E-state index contributed by atoms with van der Waals surface area (Å²) in [5.41, 5.74) is 6.11. The number of nitrogens with zero attached hydrogens (tertiary/aromatic N) is 5. The van der Waals surface area contributed by atoms with Crippen LogP contribution >= 0.6 is 0 Å². The van der Waals surface area contributed by atoms with Crippen LogP contribution in [-0.2, 0) is 13.0 Å². The van der Waals surface area contributed by atoms with E-state index in [0.29, 0.717) is 0 Å². The standard InChI is InChI=1S/C21H24N6/c1-27(13-19-15-8-5-9-17(15)25-26-19)21-16-10-11-22-12-18(16)23-20(24-21)14-6-3-2-4-7-14/h2-4,6-7,19,22H,5,8-13H2,1H3. The van der Waals surface area contributed by atoms with Gasteiger partial charge in [-0.15, -0.1) is 0 Å². The quantitative estimate of drug-likeness (QED) is 0.906. The van der Waals surface area contributed by atoms with Gasteiger partial charge >= 0.3 is 0 Å². The molecule has 0 amide bonds. The topological polar surface area (TPSA) is 65.8 Å². The molecule has 1 aromatic carbocycles. The van der Waals surface area contributed by atoms with Crippen LogP contribution in [0, 0.1) is 0 Å². The Kier molecular flexibility index (Phi) is 4.20. The van der Waals surface area contributed by atoms with Crippen LogP contribution < -0.4 is 10.2 Å². The van der Waals surface area contributed by atoms with Crippen LogP contribution in [0.4, 0.5) is 5.82 Å². The van der Waals surface area contributed by atoms with E-state index in [4.69, 9.17) is 9.97 Å². The van der Waals surface area contributed by atoms with Gasteiger partial charge < -0.3 is 10.2 Å². The normalized spacial score (nSPS) is 20.7. The molecule has 1 N–H and O–H groups in total. The van der Waals surface area contributed by atoms with Crippen molar-refractivity contribution in [2.24, 2.45) is 10.2 Å². The molecule has 5 rings (SSSR count). The molecule has 0 bridgehead atoms. The zero-order valence-corrected chi connectivity index (χ0v) is 15.6. The molecule has 2 aliphatic heterocycles. The molecule has 0 spiro atoms. The van der Waals surface area contributed by atoms with E-state index in [1.807, 2.05) is 18.2 Å². The number of benzene rings is 1. The van der Waals surface area contributed by atoms with Crippen LogP contribution in [0.3, 0.4) is 0 Å². The Morgan fingerprint density at radius 1 is 1.11 bits per heavy atom. The van der Waals surface area contributed by atoms with Crippen molar-refractivity contribution in [2.75, 3.05) is 25.0 Å². The Labute approximate surface area is 159 Å². The van der Waals surface area contributed by atoms with Gasteiger partial charge in [0.15, 0.2) is 5.82 Å². The van der Waals surface area contributed by atoms with E-state index in [0.717, 1.165) is 61.8 Å². The second-order valence-electron chi connectivity index (χ2n) is 7.53. The minimum atomic E-state index is 0.181. The molecule has 0 saturated heterocycles. The van der Waals surface area contributed by atoms with E-state index in [1.54, 1.807) is 0 Å². The summed E-state index contributed by atoms with van der Waals surface area (Å²) in [6.07, 6.45) is 4.41. The van der Waals surface area contributed by atoms with Crippen molar-refractivity contribution >= 4 is 5.82 Å². The van der Waals surface area contributed by atoms with Crippen LogP contribution in [0.1, 0.15) is 30.5 Å². The molecular formula is C21H24N6. The third-order valence-corrected chi connectivity index (χ3v) is 5.71. The van der Waals surface area contributed by atoms with Gasteiger partial charge in [-0.25, -0.2) is 9.97 Å². The molecule has 3 heterocycles. The van der Waals surface area contributed by atoms with Gasteiger partial charge in [0.2, 0.25) is 0 Å². The highest BCUT2D eigenvalue weighted by Crippen LogP contribution is 2.36. The van der Waals surface area contributed by atoms with Crippen molar-refractivity contribution in [3.63, 3.8) is 0 Å². The number of aromatic nitrogens is 2. The van der Waals surface area contributed by atoms with Crippen molar-refractivity contribution in [3.8, 4) is 11.4 Å². The molecule has 27 heavy (non-hydrogen) atoms. The number of rotatable bonds is 4. The largest absolute Gasteiger partial charge is 0.357 e. The Morgan fingerprint density at radius 2 is 2.00 bits per heavy atom. The summed E-state index contributed by atoms with van der Waals surface area (Å²) in [5.74, 6) is 1.84. The molecule has 6 nitrogen and oxygen atoms in total. The first kappa shape index (κ1) is 16.6. The molecule has 1 unspecified atom stereocenters. The third kappa shape index (κ3) is 3.04. The van der Waals surface area contributed by atoms with Crippen LogP contribution in [0.5, 0.6) is 0 Å². The van der Waals surface area contributed by atoms with Gasteiger partial charge in [-0.1, -0.05) is 30.3 Å². The van der Waals surface area contributed by atoms with Gasteiger partial charge in [0.25, 0.3) is 0 Å². The van der Waals surface area contributed by atoms with Gasteiger partial charge in [0, 0.05) is 31.3 Å². The molecule has 138 valence electrons. The van der Waals surface area contributed by atoms with Gasteiger partial charge in [0.05, 0.1) is 11.4 Å². The zero-order valence-electron chi connectivity index (χ0n) is 15.6. The van der Waals surface area contributed by atoms with E-state index in [2.05, 4.69) is 39.6 Å². The molecular weight excluding hydrogens is 336 g/mol. The maximum absolute atomic E-state index is 4.98. The summed E-state index contributed by atoms with van der Waals surface area (Å²) < 4.78 is 0. The average molecular weight is 360 g/mol. The monoisotopic (exact) mass is 360 g/mol. The van der Waals surface area contributed by atoms with Crippen molar-refractivity contribution in [1.82, 2.24) is 15.3 Å². The average Bonchev–Trinajstić information content (AvgIpc) is 3.33. The number of hydrogen-bond donors (Lipinski definition) is 1. The zero-order chi connectivity index (χ0) is 18.2.